The molecule has 2 rings (SSSR count). The lowest BCUT2D eigenvalue weighted by Crippen LogP contribution is -2.42. The van der Waals surface area contributed by atoms with E-state index in [0.29, 0.717) is 18.4 Å². The summed E-state index contributed by atoms with van der Waals surface area (Å²) in [6.07, 6.45) is 3.18. The number of carbonyl (C=O) groups excluding carboxylic acids is 1. The first-order chi connectivity index (χ1) is 8.34. The molecule has 0 aromatic heterocycles. The van der Waals surface area contributed by atoms with Crippen molar-refractivity contribution in [2.75, 3.05) is 36.1 Å². The molecular formula is C12H23ClN2OS2. The molecule has 1 unspecified atom stereocenters. The zero-order valence-electron chi connectivity index (χ0n) is 10.7. The number of hydrogen-bond donors (Lipinski definition) is 2. The third-order valence-electron chi connectivity index (χ3n) is 3.36. The summed E-state index contributed by atoms with van der Waals surface area (Å²) in [5.41, 5.74) is 0. The first kappa shape index (κ1) is 16.5. The van der Waals surface area contributed by atoms with Crippen LogP contribution in [0.4, 0.5) is 0 Å². The average Bonchev–Trinajstić information content (AvgIpc) is 2.39. The van der Waals surface area contributed by atoms with Crippen LogP contribution >= 0.6 is 35.9 Å². The Hall–Kier alpha value is 0.420. The molecule has 0 bridgehead atoms. The van der Waals surface area contributed by atoms with Crippen LogP contribution in [0.2, 0.25) is 0 Å². The summed E-state index contributed by atoms with van der Waals surface area (Å²) in [6, 6.07) is 0.385. The SMILES string of the molecule is Cl.O=C(CC1CSCCN1)NCC1CCSCC1. The molecular weight excluding hydrogens is 288 g/mol. The highest BCUT2D eigenvalue weighted by atomic mass is 35.5. The first-order valence-corrected chi connectivity index (χ1v) is 8.81. The van der Waals surface area contributed by atoms with Crippen molar-refractivity contribution in [1.29, 1.82) is 0 Å². The van der Waals surface area contributed by atoms with E-state index in [9.17, 15) is 4.79 Å². The summed E-state index contributed by atoms with van der Waals surface area (Å²) < 4.78 is 0. The van der Waals surface area contributed by atoms with E-state index in [-0.39, 0.29) is 18.3 Å². The second-order valence-corrected chi connectivity index (χ2v) is 7.16. The molecule has 2 heterocycles. The molecule has 6 heteroatoms. The van der Waals surface area contributed by atoms with Crippen LogP contribution in [0.1, 0.15) is 19.3 Å². The molecule has 106 valence electrons. The highest BCUT2D eigenvalue weighted by Crippen LogP contribution is 2.21. The van der Waals surface area contributed by atoms with Gasteiger partial charge in [-0.1, -0.05) is 0 Å². The van der Waals surface area contributed by atoms with Gasteiger partial charge in [-0.15, -0.1) is 12.4 Å². The first-order valence-electron chi connectivity index (χ1n) is 6.50. The number of hydrogen-bond acceptors (Lipinski definition) is 4. The van der Waals surface area contributed by atoms with Crippen LogP contribution in [0.5, 0.6) is 0 Å². The van der Waals surface area contributed by atoms with E-state index < -0.39 is 0 Å². The van der Waals surface area contributed by atoms with Crippen LogP contribution in [0, 0.1) is 5.92 Å². The van der Waals surface area contributed by atoms with Gasteiger partial charge in [0.2, 0.25) is 5.91 Å². The largest absolute Gasteiger partial charge is 0.356 e. The zero-order valence-corrected chi connectivity index (χ0v) is 13.1. The number of halogens is 1. The predicted octanol–water partition coefficient (Wildman–Crippen LogP) is 1.76. The number of amides is 1. The zero-order chi connectivity index (χ0) is 11.9. The summed E-state index contributed by atoms with van der Waals surface area (Å²) >= 11 is 3.98. The van der Waals surface area contributed by atoms with Crippen molar-refractivity contribution in [2.45, 2.75) is 25.3 Å². The van der Waals surface area contributed by atoms with Gasteiger partial charge in [0.1, 0.15) is 0 Å². The molecule has 2 N–H and O–H groups in total. The lowest BCUT2D eigenvalue weighted by atomic mass is 10.0. The van der Waals surface area contributed by atoms with Crippen molar-refractivity contribution in [2.24, 2.45) is 5.92 Å². The van der Waals surface area contributed by atoms with E-state index in [1.165, 1.54) is 30.1 Å². The smallest absolute Gasteiger partial charge is 0.221 e. The highest BCUT2D eigenvalue weighted by Gasteiger charge is 2.18. The molecule has 0 saturated carbocycles. The van der Waals surface area contributed by atoms with Crippen molar-refractivity contribution >= 4 is 41.8 Å². The van der Waals surface area contributed by atoms with Crippen LogP contribution in [0.25, 0.3) is 0 Å². The standard InChI is InChI=1S/C12H22N2OS2.ClH/c15-12(7-11-9-17-6-3-13-11)14-8-10-1-4-16-5-2-10;/h10-11,13H,1-9H2,(H,14,15);1H. The Morgan fingerprint density at radius 2 is 2.00 bits per heavy atom. The second kappa shape index (κ2) is 9.34. The van der Waals surface area contributed by atoms with Gasteiger partial charge in [-0.3, -0.25) is 4.79 Å². The van der Waals surface area contributed by atoms with Crippen molar-refractivity contribution in [1.82, 2.24) is 10.6 Å². The maximum atomic E-state index is 11.8. The lowest BCUT2D eigenvalue weighted by molar-refractivity contribution is -0.121. The highest BCUT2D eigenvalue weighted by molar-refractivity contribution is 7.99. The maximum absolute atomic E-state index is 11.8. The third-order valence-corrected chi connectivity index (χ3v) is 5.54. The van der Waals surface area contributed by atoms with Gasteiger partial charge in [-0.25, -0.2) is 0 Å². The normalized spacial score (nSPS) is 25.2. The van der Waals surface area contributed by atoms with Gasteiger partial charge < -0.3 is 10.6 Å². The molecule has 2 saturated heterocycles. The van der Waals surface area contributed by atoms with Crippen LogP contribution in [-0.4, -0.2) is 48.0 Å². The fourth-order valence-electron chi connectivity index (χ4n) is 2.26. The summed E-state index contributed by atoms with van der Waals surface area (Å²) in [5, 5.41) is 6.51. The minimum Gasteiger partial charge on any atom is -0.356 e. The molecule has 0 aromatic rings. The Balaban J connectivity index is 0.00000162. The molecule has 0 spiro atoms. The Labute approximate surface area is 124 Å². The van der Waals surface area contributed by atoms with Crippen LogP contribution in [0.3, 0.4) is 0 Å². The van der Waals surface area contributed by atoms with Gasteiger partial charge in [0, 0.05) is 37.1 Å². The van der Waals surface area contributed by atoms with Gasteiger partial charge in [-0.2, -0.15) is 23.5 Å². The van der Waals surface area contributed by atoms with E-state index in [4.69, 9.17) is 0 Å². The van der Waals surface area contributed by atoms with E-state index in [2.05, 4.69) is 10.6 Å². The van der Waals surface area contributed by atoms with Gasteiger partial charge in [0.05, 0.1) is 0 Å². The Bertz CT molecular complexity index is 244. The molecule has 2 aliphatic rings. The molecule has 0 aromatic carbocycles. The molecule has 3 nitrogen and oxygen atoms in total. The molecule has 18 heavy (non-hydrogen) atoms. The fourth-order valence-corrected chi connectivity index (χ4v) is 4.41. The monoisotopic (exact) mass is 310 g/mol. The van der Waals surface area contributed by atoms with Crippen molar-refractivity contribution in [3.8, 4) is 0 Å². The lowest BCUT2D eigenvalue weighted by Gasteiger charge is -2.24. The Morgan fingerprint density at radius 1 is 1.22 bits per heavy atom. The van der Waals surface area contributed by atoms with Gasteiger partial charge in [0.15, 0.2) is 0 Å². The average molecular weight is 311 g/mol. The van der Waals surface area contributed by atoms with E-state index in [0.717, 1.165) is 18.8 Å². The molecule has 1 amide bonds. The van der Waals surface area contributed by atoms with Crippen molar-refractivity contribution in [3.05, 3.63) is 0 Å². The van der Waals surface area contributed by atoms with Crippen molar-refractivity contribution in [3.63, 3.8) is 0 Å². The molecule has 0 radical (unpaired) electrons. The minimum atomic E-state index is 0. The summed E-state index contributed by atoms with van der Waals surface area (Å²) in [6.45, 7) is 1.93. The summed E-state index contributed by atoms with van der Waals surface area (Å²) in [4.78, 5) is 11.8. The second-order valence-electron chi connectivity index (χ2n) is 4.79. The summed E-state index contributed by atoms with van der Waals surface area (Å²) in [5.74, 6) is 5.73. The molecule has 2 aliphatic heterocycles. The van der Waals surface area contributed by atoms with Crippen molar-refractivity contribution < 1.29 is 4.79 Å². The van der Waals surface area contributed by atoms with Gasteiger partial charge in [0.25, 0.3) is 0 Å². The number of rotatable bonds is 4. The Kier molecular flexibility index (Phi) is 8.55. The predicted molar refractivity (Wildman–Crippen MR) is 84.0 cm³/mol. The number of carbonyl (C=O) groups is 1. The van der Waals surface area contributed by atoms with E-state index in [1.807, 2.05) is 23.5 Å². The van der Waals surface area contributed by atoms with Crippen LogP contribution < -0.4 is 10.6 Å². The fraction of sp³-hybridized carbons (Fsp3) is 0.917. The topological polar surface area (TPSA) is 41.1 Å². The van der Waals surface area contributed by atoms with Gasteiger partial charge >= 0.3 is 0 Å². The number of thioether (sulfide) groups is 2. The Morgan fingerprint density at radius 3 is 2.67 bits per heavy atom. The molecule has 0 aliphatic carbocycles. The summed E-state index contributed by atoms with van der Waals surface area (Å²) in [7, 11) is 0. The number of nitrogens with one attached hydrogen (secondary N) is 2. The third kappa shape index (κ3) is 6.04. The molecule has 1 atom stereocenters. The minimum absolute atomic E-state index is 0. The van der Waals surface area contributed by atoms with E-state index in [1.54, 1.807) is 0 Å². The van der Waals surface area contributed by atoms with Crippen LogP contribution in [0.15, 0.2) is 0 Å². The maximum Gasteiger partial charge on any atom is 0.221 e. The van der Waals surface area contributed by atoms with Crippen LogP contribution in [-0.2, 0) is 4.79 Å². The quantitative estimate of drug-likeness (QED) is 0.830. The van der Waals surface area contributed by atoms with E-state index >= 15 is 0 Å². The molecule has 2 fully saturated rings. The van der Waals surface area contributed by atoms with Gasteiger partial charge in [-0.05, 0) is 30.3 Å².